The van der Waals surface area contributed by atoms with Crippen LogP contribution >= 0.6 is 11.6 Å². The van der Waals surface area contributed by atoms with Gasteiger partial charge in [-0.25, -0.2) is 4.39 Å². The Labute approximate surface area is 134 Å². The van der Waals surface area contributed by atoms with Crippen molar-refractivity contribution in [3.05, 3.63) is 59.9 Å². The van der Waals surface area contributed by atoms with Crippen molar-refractivity contribution in [1.29, 1.82) is 0 Å². The fourth-order valence-electron chi connectivity index (χ4n) is 2.24. The molecule has 0 saturated heterocycles. The Hall–Kier alpha value is -1.87. The minimum Gasteiger partial charge on any atom is -0.466 e. The monoisotopic (exact) mass is 320 g/mol. The standard InChI is InChI=1S/C18H18ClFO2/c1-3-22-17(21)12-18(2,19)15-8-4-13(5-9-15)14-6-10-16(20)11-7-14/h4-11H,3,12H2,1-2H3. The molecule has 0 aliphatic carbocycles. The number of alkyl halides is 1. The van der Waals surface area contributed by atoms with Gasteiger partial charge in [0, 0.05) is 0 Å². The van der Waals surface area contributed by atoms with E-state index >= 15 is 0 Å². The van der Waals surface area contributed by atoms with Gasteiger partial charge < -0.3 is 4.74 Å². The fraction of sp³-hybridized carbons (Fsp3) is 0.278. The van der Waals surface area contributed by atoms with Crippen molar-refractivity contribution in [1.82, 2.24) is 0 Å². The highest BCUT2D eigenvalue weighted by Gasteiger charge is 2.27. The van der Waals surface area contributed by atoms with E-state index in [2.05, 4.69) is 0 Å². The molecule has 0 spiro atoms. The molecule has 0 saturated carbocycles. The van der Waals surface area contributed by atoms with Crippen LogP contribution in [0.1, 0.15) is 25.8 Å². The zero-order valence-corrected chi connectivity index (χ0v) is 13.4. The summed E-state index contributed by atoms with van der Waals surface area (Å²) in [7, 11) is 0. The van der Waals surface area contributed by atoms with Crippen LogP contribution in [0.5, 0.6) is 0 Å². The van der Waals surface area contributed by atoms with Gasteiger partial charge in [-0.15, -0.1) is 11.6 Å². The normalized spacial score (nSPS) is 13.5. The van der Waals surface area contributed by atoms with Crippen LogP contribution in [0.4, 0.5) is 4.39 Å². The Morgan fingerprint density at radius 1 is 1.09 bits per heavy atom. The number of carbonyl (C=O) groups is 1. The van der Waals surface area contributed by atoms with Crippen LogP contribution in [0, 0.1) is 5.82 Å². The molecule has 2 aromatic rings. The molecule has 2 rings (SSSR count). The third kappa shape index (κ3) is 4.08. The first-order chi connectivity index (χ1) is 10.4. The Balaban J connectivity index is 2.17. The van der Waals surface area contributed by atoms with Crippen molar-refractivity contribution in [2.45, 2.75) is 25.1 Å². The maximum Gasteiger partial charge on any atom is 0.307 e. The van der Waals surface area contributed by atoms with Crippen molar-refractivity contribution < 1.29 is 13.9 Å². The summed E-state index contributed by atoms with van der Waals surface area (Å²) in [6, 6.07) is 13.9. The molecular weight excluding hydrogens is 303 g/mol. The summed E-state index contributed by atoms with van der Waals surface area (Å²) in [4.78, 5) is 10.8. The van der Waals surface area contributed by atoms with E-state index in [4.69, 9.17) is 16.3 Å². The number of esters is 1. The summed E-state index contributed by atoms with van der Waals surface area (Å²) in [5.41, 5.74) is 2.73. The molecular formula is C18H18ClFO2. The van der Waals surface area contributed by atoms with E-state index in [1.807, 2.05) is 24.3 Å². The number of benzene rings is 2. The van der Waals surface area contributed by atoms with E-state index in [-0.39, 0.29) is 18.2 Å². The molecule has 1 atom stereocenters. The minimum atomic E-state index is -0.812. The van der Waals surface area contributed by atoms with Gasteiger partial charge in [0.25, 0.3) is 0 Å². The van der Waals surface area contributed by atoms with E-state index in [9.17, 15) is 9.18 Å². The smallest absolute Gasteiger partial charge is 0.307 e. The first-order valence-electron chi connectivity index (χ1n) is 7.13. The van der Waals surface area contributed by atoms with Crippen LogP contribution < -0.4 is 0 Å². The molecule has 0 radical (unpaired) electrons. The van der Waals surface area contributed by atoms with Crippen molar-refractivity contribution >= 4 is 17.6 Å². The maximum absolute atomic E-state index is 12.9. The summed E-state index contributed by atoms with van der Waals surface area (Å²) in [5, 5.41) is 0. The van der Waals surface area contributed by atoms with Crippen molar-refractivity contribution in [3.8, 4) is 11.1 Å². The van der Waals surface area contributed by atoms with Gasteiger partial charge in [-0.1, -0.05) is 36.4 Å². The molecule has 0 aromatic heterocycles. The topological polar surface area (TPSA) is 26.3 Å². The lowest BCUT2D eigenvalue weighted by Gasteiger charge is -2.21. The van der Waals surface area contributed by atoms with E-state index in [0.717, 1.165) is 16.7 Å². The van der Waals surface area contributed by atoms with Gasteiger partial charge in [0.15, 0.2) is 0 Å². The average molecular weight is 321 g/mol. The highest BCUT2D eigenvalue weighted by atomic mass is 35.5. The average Bonchev–Trinajstić information content (AvgIpc) is 2.48. The van der Waals surface area contributed by atoms with Gasteiger partial charge in [0.05, 0.1) is 17.9 Å². The second kappa shape index (κ2) is 6.93. The molecule has 0 bridgehead atoms. The molecule has 22 heavy (non-hydrogen) atoms. The summed E-state index contributed by atoms with van der Waals surface area (Å²) in [5.74, 6) is -0.578. The largest absolute Gasteiger partial charge is 0.466 e. The molecule has 2 aromatic carbocycles. The fourth-order valence-corrected chi connectivity index (χ4v) is 2.47. The van der Waals surface area contributed by atoms with Crippen LogP contribution in [0.15, 0.2) is 48.5 Å². The van der Waals surface area contributed by atoms with Crippen LogP contribution in [-0.2, 0) is 14.4 Å². The molecule has 1 unspecified atom stereocenters. The van der Waals surface area contributed by atoms with E-state index in [0.29, 0.717) is 6.61 Å². The van der Waals surface area contributed by atoms with Crippen molar-refractivity contribution in [2.24, 2.45) is 0 Å². The summed E-state index contributed by atoms with van der Waals surface area (Å²) in [6.07, 6.45) is 0.109. The first kappa shape index (κ1) is 16.5. The van der Waals surface area contributed by atoms with Crippen molar-refractivity contribution in [3.63, 3.8) is 0 Å². The van der Waals surface area contributed by atoms with Gasteiger partial charge >= 0.3 is 5.97 Å². The molecule has 0 fully saturated rings. The SMILES string of the molecule is CCOC(=O)CC(C)(Cl)c1ccc(-c2ccc(F)cc2)cc1. The van der Waals surface area contributed by atoms with Gasteiger partial charge in [-0.2, -0.15) is 0 Å². The zero-order chi connectivity index (χ0) is 16.2. The molecule has 2 nitrogen and oxygen atoms in total. The Bertz CT molecular complexity index is 633. The van der Waals surface area contributed by atoms with Crippen molar-refractivity contribution in [2.75, 3.05) is 6.61 Å². The highest BCUT2D eigenvalue weighted by molar-refractivity contribution is 6.24. The Morgan fingerprint density at radius 3 is 2.09 bits per heavy atom. The Morgan fingerprint density at radius 2 is 1.59 bits per heavy atom. The number of rotatable bonds is 5. The molecule has 0 amide bonds. The summed E-state index contributed by atoms with van der Waals surface area (Å²) >= 11 is 6.46. The van der Waals surface area contributed by atoms with E-state index < -0.39 is 4.87 Å². The lowest BCUT2D eigenvalue weighted by molar-refractivity contribution is -0.143. The summed E-state index contributed by atoms with van der Waals surface area (Å²) in [6.45, 7) is 3.90. The first-order valence-corrected chi connectivity index (χ1v) is 7.51. The van der Waals surface area contributed by atoms with Gasteiger partial charge in [0.1, 0.15) is 5.82 Å². The van der Waals surface area contributed by atoms with Crippen LogP contribution in [0.2, 0.25) is 0 Å². The van der Waals surface area contributed by atoms with Crippen LogP contribution in [0.25, 0.3) is 11.1 Å². The molecule has 0 N–H and O–H groups in total. The minimum absolute atomic E-state index is 0.109. The second-order valence-corrected chi connectivity index (χ2v) is 6.10. The number of halogens is 2. The van der Waals surface area contributed by atoms with E-state index in [1.54, 1.807) is 26.0 Å². The summed E-state index contributed by atoms with van der Waals surface area (Å²) < 4.78 is 17.9. The zero-order valence-electron chi connectivity index (χ0n) is 12.6. The Kier molecular flexibility index (Phi) is 5.19. The molecule has 0 aliphatic heterocycles. The number of ether oxygens (including phenoxy) is 1. The lowest BCUT2D eigenvalue weighted by Crippen LogP contribution is -2.20. The van der Waals surface area contributed by atoms with Crippen LogP contribution in [0.3, 0.4) is 0 Å². The highest BCUT2D eigenvalue weighted by Crippen LogP contribution is 2.34. The molecule has 116 valence electrons. The molecule has 0 aliphatic rings. The quantitative estimate of drug-likeness (QED) is 0.578. The van der Waals surface area contributed by atoms with E-state index in [1.165, 1.54) is 12.1 Å². The third-order valence-corrected chi connectivity index (χ3v) is 3.80. The second-order valence-electron chi connectivity index (χ2n) is 5.26. The number of carbonyl (C=O) groups excluding carboxylic acids is 1. The van der Waals surface area contributed by atoms with Crippen LogP contribution in [-0.4, -0.2) is 12.6 Å². The predicted molar refractivity (Wildman–Crippen MR) is 86.3 cm³/mol. The number of hydrogen-bond acceptors (Lipinski definition) is 2. The van der Waals surface area contributed by atoms with Gasteiger partial charge in [-0.3, -0.25) is 4.79 Å². The number of hydrogen-bond donors (Lipinski definition) is 0. The van der Waals surface area contributed by atoms with Gasteiger partial charge in [-0.05, 0) is 42.7 Å². The molecule has 4 heteroatoms. The third-order valence-electron chi connectivity index (χ3n) is 3.45. The maximum atomic E-state index is 12.9. The lowest BCUT2D eigenvalue weighted by atomic mass is 9.94. The van der Waals surface area contributed by atoms with Gasteiger partial charge in [0.2, 0.25) is 0 Å². The predicted octanol–water partition coefficient (Wildman–Crippen LogP) is 4.90. The molecule has 0 heterocycles.